The Hall–Kier alpha value is -2.49. The molecule has 0 radical (unpaired) electrons. The molecule has 162 valence electrons. The van der Waals surface area contributed by atoms with E-state index in [1.54, 1.807) is 7.11 Å². The van der Waals surface area contributed by atoms with Gasteiger partial charge in [-0.25, -0.2) is 12.8 Å². The maximum Gasteiger partial charge on any atom is 0.325 e. The summed E-state index contributed by atoms with van der Waals surface area (Å²) in [6, 6.07) is 12.0. The first-order chi connectivity index (χ1) is 14.3. The number of rotatable bonds is 6. The smallest absolute Gasteiger partial charge is 0.325 e. The van der Waals surface area contributed by atoms with Crippen molar-refractivity contribution in [2.75, 3.05) is 33.1 Å². The zero-order chi connectivity index (χ0) is 21.7. The van der Waals surface area contributed by atoms with E-state index in [0.717, 1.165) is 11.3 Å². The number of carbonyl (C=O) groups excluding carboxylic acids is 1. The molecular formula is C21H25FN2O5S. The minimum absolute atomic E-state index is 0.0290. The third kappa shape index (κ3) is 5.35. The van der Waals surface area contributed by atoms with Gasteiger partial charge >= 0.3 is 5.97 Å². The molecule has 1 atom stereocenters. The lowest BCUT2D eigenvalue weighted by atomic mass is 10.1. The second-order valence-electron chi connectivity index (χ2n) is 7.11. The monoisotopic (exact) mass is 436 g/mol. The third-order valence-electron chi connectivity index (χ3n) is 5.09. The van der Waals surface area contributed by atoms with Crippen LogP contribution in [0, 0.1) is 5.82 Å². The standard InChI is InChI=1S/C21H25FN2O5S/c1-28-19-9-5-16(6-10-19)13-23-11-12-30(26,27)24(20(15-23)21(25)29-2)14-17-3-7-18(22)8-4-17/h3-10,20H,11-15H2,1-2H3. The molecule has 30 heavy (non-hydrogen) atoms. The molecule has 2 aromatic carbocycles. The molecule has 0 aliphatic carbocycles. The normalized spacial score (nSPS) is 19.8. The van der Waals surface area contributed by atoms with Gasteiger partial charge in [-0.3, -0.25) is 9.69 Å². The second kappa shape index (κ2) is 9.55. The summed E-state index contributed by atoms with van der Waals surface area (Å²) in [6.45, 7) is 0.928. The number of hydrogen-bond donors (Lipinski definition) is 0. The molecule has 0 N–H and O–H groups in total. The van der Waals surface area contributed by atoms with Gasteiger partial charge in [-0.15, -0.1) is 0 Å². The number of sulfonamides is 1. The van der Waals surface area contributed by atoms with Crippen LogP contribution in [-0.2, 0) is 32.6 Å². The first-order valence-electron chi connectivity index (χ1n) is 9.49. The maximum atomic E-state index is 13.2. The van der Waals surface area contributed by atoms with Crippen LogP contribution in [0.5, 0.6) is 5.75 Å². The first-order valence-corrected chi connectivity index (χ1v) is 11.1. The van der Waals surface area contributed by atoms with E-state index in [-0.39, 0.29) is 25.4 Å². The van der Waals surface area contributed by atoms with Crippen LogP contribution in [0.3, 0.4) is 0 Å². The van der Waals surface area contributed by atoms with Gasteiger partial charge in [0.15, 0.2) is 0 Å². The lowest BCUT2D eigenvalue weighted by Crippen LogP contribution is -2.48. The van der Waals surface area contributed by atoms with Gasteiger partial charge in [0.2, 0.25) is 10.0 Å². The number of hydrogen-bond acceptors (Lipinski definition) is 6. The van der Waals surface area contributed by atoms with Crippen molar-refractivity contribution in [3.05, 3.63) is 65.5 Å². The Bertz CT molecular complexity index is 964. The van der Waals surface area contributed by atoms with E-state index >= 15 is 0 Å². The van der Waals surface area contributed by atoms with E-state index in [1.807, 2.05) is 29.2 Å². The molecule has 1 unspecified atom stereocenters. The SMILES string of the molecule is COC(=O)C1CN(Cc2ccc(OC)cc2)CCS(=O)(=O)N1Cc1ccc(F)cc1. The lowest BCUT2D eigenvalue weighted by Gasteiger charge is -2.28. The Labute approximate surface area is 176 Å². The molecule has 0 amide bonds. The number of halogens is 1. The number of nitrogens with zero attached hydrogens (tertiary/aromatic N) is 2. The molecule has 1 heterocycles. The van der Waals surface area contributed by atoms with Gasteiger partial charge in [0.1, 0.15) is 17.6 Å². The van der Waals surface area contributed by atoms with Gasteiger partial charge in [0.25, 0.3) is 0 Å². The Balaban J connectivity index is 1.84. The molecule has 1 aliphatic rings. The molecule has 3 rings (SSSR count). The van der Waals surface area contributed by atoms with Crippen LogP contribution >= 0.6 is 0 Å². The summed E-state index contributed by atoms with van der Waals surface area (Å²) in [4.78, 5) is 14.4. The lowest BCUT2D eigenvalue weighted by molar-refractivity contribution is -0.145. The minimum Gasteiger partial charge on any atom is -0.497 e. The number of carbonyl (C=O) groups is 1. The third-order valence-corrected chi connectivity index (χ3v) is 6.89. The highest BCUT2D eigenvalue weighted by atomic mass is 32.2. The highest BCUT2D eigenvalue weighted by Crippen LogP contribution is 2.22. The molecule has 9 heteroatoms. The van der Waals surface area contributed by atoms with Crippen molar-refractivity contribution in [2.45, 2.75) is 19.1 Å². The zero-order valence-electron chi connectivity index (χ0n) is 17.0. The summed E-state index contributed by atoms with van der Waals surface area (Å²) in [5.74, 6) is -0.428. The number of methoxy groups -OCH3 is 2. The second-order valence-corrected chi connectivity index (χ2v) is 9.15. The molecule has 0 spiro atoms. The fourth-order valence-electron chi connectivity index (χ4n) is 3.42. The zero-order valence-corrected chi connectivity index (χ0v) is 17.8. The van der Waals surface area contributed by atoms with Crippen LogP contribution in [0.15, 0.2) is 48.5 Å². The Morgan fingerprint density at radius 3 is 2.23 bits per heavy atom. The van der Waals surface area contributed by atoms with Crippen molar-refractivity contribution in [1.82, 2.24) is 9.21 Å². The van der Waals surface area contributed by atoms with Crippen LogP contribution in [0.2, 0.25) is 0 Å². The van der Waals surface area contributed by atoms with Crippen LogP contribution < -0.4 is 4.74 Å². The highest BCUT2D eigenvalue weighted by molar-refractivity contribution is 7.89. The van der Waals surface area contributed by atoms with Crippen LogP contribution in [-0.4, -0.2) is 62.7 Å². The van der Waals surface area contributed by atoms with E-state index in [9.17, 15) is 17.6 Å². The molecule has 1 aliphatic heterocycles. The molecule has 0 aromatic heterocycles. The highest BCUT2D eigenvalue weighted by Gasteiger charge is 2.39. The largest absolute Gasteiger partial charge is 0.497 e. The molecular weight excluding hydrogens is 411 g/mol. The van der Waals surface area contributed by atoms with Gasteiger partial charge in [-0.1, -0.05) is 24.3 Å². The molecule has 7 nitrogen and oxygen atoms in total. The summed E-state index contributed by atoms with van der Waals surface area (Å²) in [6.07, 6.45) is 0. The molecule has 1 fully saturated rings. The average molecular weight is 437 g/mol. The summed E-state index contributed by atoms with van der Waals surface area (Å²) < 4.78 is 50.4. The number of benzene rings is 2. The quantitative estimate of drug-likeness (QED) is 0.645. The van der Waals surface area contributed by atoms with E-state index in [1.165, 1.54) is 35.7 Å². The Kier molecular flexibility index (Phi) is 7.06. The van der Waals surface area contributed by atoms with Crippen molar-refractivity contribution in [3.8, 4) is 5.75 Å². The van der Waals surface area contributed by atoms with Crippen molar-refractivity contribution in [3.63, 3.8) is 0 Å². The van der Waals surface area contributed by atoms with E-state index in [0.29, 0.717) is 12.1 Å². The predicted molar refractivity (Wildman–Crippen MR) is 110 cm³/mol. The van der Waals surface area contributed by atoms with Gasteiger partial charge in [0, 0.05) is 26.2 Å². The van der Waals surface area contributed by atoms with E-state index < -0.39 is 27.9 Å². The summed E-state index contributed by atoms with van der Waals surface area (Å²) in [5, 5.41) is 0. The summed E-state index contributed by atoms with van der Waals surface area (Å²) in [5.41, 5.74) is 1.57. The van der Waals surface area contributed by atoms with Crippen LogP contribution in [0.1, 0.15) is 11.1 Å². The molecule has 2 aromatic rings. The van der Waals surface area contributed by atoms with Gasteiger partial charge in [-0.05, 0) is 35.4 Å². The number of ether oxygens (including phenoxy) is 2. The van der Waals surface area contributed by atoms with Crippen LogP contribution in [0.25, 0.3) is 0 Å². The molecule has 0 bridgehead atoms. The maximum absolute atomic E-state index is 13.2. The molecule has 0 saturated carbocycles. The fraction of sp³-hybridized carbons (Fsp3) is 0.381. The van der Waals surface area contributed by atoms with Crippen molar-refractivity contribution in [2.24, 2.45) is 0 Å². The van der Waals surface area contributed by atoms with Gasteiger partial charge in [0.05, 0.1) is 20.0 Å². The fourth-order valence-corrected chi connectivity index (χ4v) is 5.03. The van der Waals surface area contributed by atoms with Crippen LogP contribution in [0.4, 0.5) is 4.39 Å². The Morgan fingerprint density at radius 1 is 1.03 bits per heavy atom. The van der Waals surface area contributed by atoms with Crippen molar-refractivity contribution >= 4 is 16.0 Å². The summed E-state index contributed by atoms with van der Waals surface area (Å²) >= 11 is 0. The minimum atomic E-state index is -3.73. The number of esters is 1. The first kappa shape index (κ1) is 22.2. The topological polar surface area (TPSA) is 76.1 Å². The average Bonchev–Trinajstić information content (AvgIpc) is 2.86. The predicted octanol–water partition coefficient (Wildman–Crippen LogP) is 2.02. The van der Waals surface area contributed by atoms with Gasteiger partial charge in [-0.2, -0.15) is 4.31 Å². The summed E-state index contributed by atoms with van der Waals surface area (Å²) in [7, 11) is -0.903. The molecule has 1 saturated heterocycles. The van der Waals surface area contributed by atoms with Crippen molar-refractivity contribution < 1.29 is 27.1 Å². The van der Waals surface area contributed by atoms with Gasteiger partial charge < -0.3 is 9.47 Å². The van der Waals surface area contributed by atoms with E-state index in [2.05, 4.69) is 0 Å². The Morgan fingerprint density at radius 2 is 1.63 bits per heavy atom. The van der Waals surface area contributed by atoms with Crippen molar-refractivity contribution in [1.29, 1.82) is 0 Å². The van der Waals surface area contributed by atoms with E-state index in [4.69, 9.17) is 9.47 Å².